The Labute approximate surface area is 212 Å². The number of carboxylic acids is 1. The molecule has 11 nitrogen and oxygen atoms in total. The SMILES string of the molecule is CCC(C)C(=O)Nc1cccc(CNC(=O)c2ccc(-c3cn(-c4cncc(C(=O)O)c4)nn3)cn2)c1. The zero-order valence-electron chi connectivity index (χ0n) is 20.3. The molecule has 0 bridgehead atoms. The van der Waals surface area contributed by atoms with E-state index in [4.69, 9.17) is 5.11 Å². The predicted octanol–water partition coefficient (Wildman–Crippen LogP) is 3.34. The van der Waals surface area contributed by atoms with Crippen molar-refractivity contribution >= 4 is 23.5 Å². The Morgan fingerprint density at radius 3 is 2.65 bits per heavy atom. The zero-order chi connectivity index (χ0) is 26.4. The molecule has 188 valence electrons. The summed E-state index contributed by atoms with van der Waals surface area (Å²) >= 11 is 0. The van der Waals surface area contributed by atoms with Gasteiger partial charge in [-0.3, -0.25) is 19.6 Å². The van der Waals surface area contributed by atoms with E-state index in [2.05, 4.69) is 30.9 Å². The van der Waals surface area contributed by atoms with E-state index >= 15 is 0 Å². The third-order valence-corrected chi connectivity index (χ3v) is 5.73. The van der Waals surface area contributed by atoms with Gasteiger partial charge in [-0.05, 0) is 42.3 Å². The van der Waals surface area contributed by atoms with E-state index in [0.717, 1.165) is 12.0 Å². The van der Waals surface area contributed by atoms with Gasteiger partial charge in [0.15, 0.2) is 0 Å². The Balaban J connectivity index is 1.38. The van der Waals surface area contributed by atoms with E-state index in [0.29, 0.717) is 22.6 Å². The molecule has 3 aromatic heterocycles. The number of benzene rings is 1. The molecule has 1 atom stereocenters. The summed E-state index contributed by atoms with van der Waals surface area (Å²) in [5.41, 5.74) is 3.37. The average molecular weight is 500 g/mol. The summed E-state index contributed by atoms with van der Waals surface area (Å²) in [7, 11) is 0. The van der Waals surface area contributed by atoms with Gasteiger partial charge in [0.05, 0.1) is 23.6 Å². The quantitative estimate of drug-likeness (QED) is 0.317. The predicted molar refractivity (Wildman–Crippen MR) is 135 cm³/mol. The van der Waals surface area contributed by atoms with Gasteiger partial charge in [0.1, 0.15) is 11.4 Å². The van der Waals surface area contributed by atoms with E-state index in [-0.39, 0.29) is 35.5 Å². The summed E-state index contributed by atoms with van der Waals surface area (Å²) in [5, 5.41) is 23.0. The highest BCUT2D eigenvalue weighted by Crippen LogP contribution is 2.18. The zero-order valence-corrected chi connectivity index (χ0v) is 20.3. The van der Waals surface area contributed by atoms with Crippen molar-refractivity contribution in [1.82, 2.24) is 30.3 Å². The number of rotatable bonds is 9. The normalized spacial score (nSPS) is 11.5. The Bertz CT molecular complexity index is 1430. The van der Waals surface area contributed by atoms with Gasteiger partial charge in [-0.1, -0.05) is 31.2 Å². The van der Waals surface area contributed by atoms with E-state index < -0.39 is 5.97 Å². The number of hydrogen-bond donors (Lipinski definition) is 3. The van der Waals surface area contributed by atoms with Crippen molar-refractivity contribution in [2.24, 2.45) is 5.92 Å². The van der Waals surface area contributed by atoms with Crippen LogP contribution in [0.2, 0.25) is 0 Å². The van der Waals surface area contributed by atoms with Crippen LogP contribution in [-0.4, -0.2) is 47.9 Å². The average Bonchev–Trinajstić information content (AvgIpc) is 3.42. The first-order chi connectivity index (χ1) is 17.8. The number of carbonyl (C=O) groups excluding carboxylic acids is 2. The molecule has 1 aromatic carbocycles. The monoisotopic (exact) mass is 499 g/mol. The Hall–Kier alpha value is -4.93. The first kappa shape index (κ1) is 25.2. The topological polar surface area (TPSA) is 152 Å². The molecular formula is C26H25N7O4. The van der Waals surface area contributed by atoms with Crippen LogP contribution >= 0.6 is 0 Å². The number of anilines is 1. The minimum atomic E-state index is -1.09. The summed E-state index contributed by atoms with van der Waals surface area (Å²) in [5.74, 6) is -1.56. The lowest BCUT2D eigenvalue weighted by Gasteiger charge is -2.11. The second kappa shape index (κ2) is 11.2. The molecule has 0 aliphatic rings. The molecule has 3 heterocycles. The maximum Gasteiger partial charge on any atom is 0.337 e. The van der Waals surface area contributed by atoms with E-state index in [1.54, 1.807) is 24.4 Å². The second-order valence-corrected chi connectivity index (χ2v) is 8.40. The summed E-state index contributed by atoms with van der Waals surface area (Å²) in [4.78, 5) is 44.1. The van der Waals surface area contributed by atoms with E-state index in [1.807, 2.05) is 32.0 Å². The van der Waals surface area contributed by atoms with Crippen molar-refractivity contribution in [3.8, 4) is 16.9 Å². The molecule has 0 saturated heterocycles. The molecule has 4 rings (SSSR count). The fraction of sp³-hybridized carbons (Fsp3) is 0.192. The second-order valence-electron chi connectivity index (χ2n) is 8.40. The number of pyridine rings is 2. The Morgan fingerprint density at radius 2 is 1.92 bits per heavy atom. The Kier molecular flexibility index (Phi) is 7.62. The molecule has 4 aromatic rings. The third kappa shape index (κ3) is 6.20. The maximum absolute atomic E-state index is 12.6. The number of amides is 2. The molecule has 0 aliphatic heterocycles. The van der Waals surface area contributed by atoms with Crippen molar-refractivity contribution in [3.05, 3.63) is 84.1 Å². The third-order valence-electron chi connectivity index (χ3n) is 5.73. The smallest absolute Gasteiger partial charge is 0.337 e. The molecule has 0 aliphatic carbocycles. The number of nitrogens with one attached hydrogen (secondary N) is 2. The minimum absolute atomic E-state index is 0.0363. The van der Waals surface area contributed by atoms with E-state index in [9.17, 15) is 14.4 Å². The first-order valence-electron chi connectivity index (χ1n) is 11.6. The van der Waals surface area contributed by atoms with Gasteiger partial charge >= 0.3 is 5.97 Å². The van der Waals surface area contributed by atoms with Crippen LogP contribution in [0.3, 0.4) is 0 Å². The molecule has 0 radical (unpaired) electrons. The van der Waals surface area contributed by atoms with Gasteiger partial charge < -0.3 is 15.7 Å². The van der Waals surface area contributed by atoms with Gasteiger partial charge in [-0.15, -0.1) is 5.10 Å². The lowest BCUT2D eigenvalue weighted by atomic mass is 10.1. The molecule has 37 heavy (non-hydrogen) atoms. The number of nitrogens with zero attached hydrogens (tertiary/aromatic N) is 5. The molecule has 2 amide bonds. The van der Waals surface area contributed by atoms with Gasteiger partial charge in [-0.25, -0.2) is 9.48 Å². The van der Waals surface area contributed by atoms with Gasteiger partial charge in [0.2, 0.25) is 5.91 Å². The van der Waals surface area contributed by atoms with Gasteiger partial charge in [-0.2, -0.15) is 0 Å². The van der Waals surface area contributed by atoms with Crippen LogP contribution in [0.25, 0.3) is 16.9 Å². The van der Waals surface area contributed by atoms with Crippen LogP contribution in [0.15, 0.2) is 67.3 Å². The van der Waals surface area contributed by atoms with Crippen LogP contribution < -0.4 is 10.6 Å². The molecule has 11 heteroatoms. The van der Waals surface area contributed by atoms with Gasteiger partial charge in [0, 0.05) is 36.1 Å². The highest BCUT2D eigenvalue weighted by atomic mass is 16.4. The summed E-state index contributed by atoms with van der Waals surface area (Å²) in [6, 6.07) is 12.0. The minimum Gasteiger partial charge on any atom is -0.478 e. The van der Waals surface area contributed by atoms with Crippen molar-refractivity contribution < 1.29 is 19.5 Å². The fourth-order valence-electron chi connectivity index (χ4n) is 3.35. The fourth-order valence-corrected chi connectivity index (χ4v) is 3.35. The number of hydrogen-bond acceptors (Lipinski definition) is 7. The largest absolute Gasteiger partial charge is 0.478 e. The molecule has 0 spiro atoms. The van der Waals surface area contributed by atoms with Crippen LogP contribution in [0.4, 0.5) is 5.69 Å². The van der Waals surface area contributed by atoms with Crippen LogP contribution in [-0.2, 0) is 11.3 Å². The van der Waals surface area contributed by atoms with Crippen molar-refractivity contribution in [1.29, 1.82) is 0 Å². The molecular weight excluding hydrogens is 474 g/mol. The van der Waals surface area contributed by atoms with Gasteiger partial charge in [0.25, 0.3) is 5.91 Å². The van der Waals surface area contributed by atoms with E-state index in [1.165, 1.54) is 29.3 Å². The lowest BCUT2D eigenvalue weighted by molar-refractivity contribution is -0.119. The molecule has 0 saturated carbocycles. The molecule has 1 unspecified atom stereocenters. The molecule has 0 fully saturated rings. The standard InChI is InChI=1S/C26H25N7O4/c1-3-16(2)24(34)30-20-6-4-5-17(9-20)11-29-25(35)22-8-7-18(13-28-22)23-15-33(32-31-23)21-10-19(26(36)37)12-27-14-21/h4-10,12-16H,3,11H2,1-2H3,(H,29,35)(H,30,34)(H,36,37). The molecule has 3 N–H and O–H groups in total. The van der Waals surface area contributed by atoms with Crippen molar-refractivity contribution in [2.75, 3.05) is 5.32 Å². The number of aromatic carboxylic acids is 1. The highest BCUT2D eigenvalue weighted by Gasteiger charge is 2.13. The summed E-state index contributed by atoms with van der Waals surface area (Å²) in [6.07, 6.45) is 6.61. The Morgan fingerprint density at radius 1 is 1.08 bits per heavy atom. The number of carbonyl (C=O) groups is 3. The van der Waals surface area contributed by atoms with Crippen molar-refractivity contribution in [2.45, 2.75) is 26.8 Å². The number of carboxylic acid groups (broad SMARTS) is 1. The summed E-state index contributed by atoms with van der Waals surface area (Å²) in [6.45, 7) is 4.10. The van der Waals surface area contributed by atoms with Crippen LogP contribution in [0.1, 0.15) is 46.7 Å². The maximum atomic E-state index is 12.6. The van der Waals surface area contributed by atoms with Crippen LogP contribution in [0.5, 0.6) is 0 Å². The summed E-state index contributed by atoms with van der Waals surface area (Å²) < 4.78 is 1.41. The highest BCUT2D eigenvalue weighted by molar-refractivity contribution is 5.93. The van der Waals surface area contributed by atoms with Crippen molar-refractivity contribution in [3.63, 3.8) is 0 Å². The van der Waals surface area contributed by atoms with Crippen LogP contribution in [0, 0.1) is 5.92 Å². The first-order valence-corrected chi connectivity index (χ1v) is 11.6. The number of aromatic nitrogens is 5. The lowest BCUT2D eigenvalue weighted by Crippen LogP contribution is -2.24.